The fourth-order valence-corrected chi connectivity index (χ4v) is 2.45. The first-order valence-corrected chi connectivity index (χ1v) is 7.58. The third-order valence-electron chi connectivity index (χ3n) is 3.58. The van der Waals surface area contributed by atoms with Crippen LogP contribution in [-0.4, -0.2) is 36.3 Å². The summed E-state index contributed by atoms with van der Waals surface area (Å²) >= 11 is 0. The summed E-state index contributed by atoms with van der Waals surface area (Å²) in [6.45, 7) is 2.43. The molecule has 1 heterocycles. The quantitative estimate of drug-likeness (QED) is 0.459. The highest BCUT2D eigenvalue weighted by atomic mass is 35.5. The van der Waals surface area contributed by atoms with Crippen LogP contribution in [0.2, 0.25) is 0 Å². The lowest BCUT2D eigenvalue weighted by atomic mass is 10.1. The standard InChI is InChI=1S/C16H21N3O5.ClH/c1-4-24-12(20)6-5-7-19-9-18-10-8-11(22-2)15(23-3)14(17)13(10)16(19)21;/h8-9H,4-7,17H2,1-3H3;1H/p-1. The normalized spacial score (nSPS) is 10.2. The molecule has 0 atom stereocenters. The smallest absolute Gasteiger partial charge is 0.305 e. The maximum absolute atomic E-state index is 12.6. The zero-order valence-electron chi connectivity index (χ0n) is 14.4. The van der Waals surface area contributed by atoms with Crippen LogP contribution in [0.1, 0.15) is 19.8 Å². The van der Waals surface area contributed by atoms with E-state index in [-0.39, 0.29) is 41.4 Å². The summed E-state index contributed by atoms with van der Waals surface area (Å²) in [6.07, 6.45) is 2.14. The van der Waals surface area contributed by atoms with E-state index in [9.17, 15) is 9.59 Å². The van der Waals surface area contributed by atoms with E-state index in [4.69, 9.17) is 19.9 Å². The van der Waals surface area contributed by atoms with Crippen LogP contribution in [0, 0.1) is 0 Å². The van der Waals surface area contributed by atoms with Gasteiger partial charge in [0, 0.05) is 19.0 Å². The molecule has 1 aromatic heterocycles. The SMILES string of the molecule is CCOC(=O)CCCn1cnc2cc(OC)c(OC)c(N)c2c1=O.[Cl-]. The minimum Gasteiger partial charge on any atom is -1.00 e. The number of aromatic nitrogens is 2. The van der Waals surface area contributed by atoms with E-state index in [1.54, 1.807) is 13.0 Å². The first-order chi connectivity index (χ1) is 11.5. The van der Waals surface area contributed by atoms with Crippen molar-refractivity contribution in [1.29, 1.82) is 0 Å². The van der Waals surface area contributed by atoms with Crippen LogP contribution >= 0.6 is 0 Å². The molecule has 0 aliphatic rings. The predicted molar refractivity (Wildman–Crippen MR) is 89.4 cm³/mol. The molecular weight excluding hydrogens is 350 g/mol. The van der Waals surface area contributed by atoms with Gasteiger partial charge in [0.05, 0.1) is 43.7 Å². The van der Waals surface area contributed by atoms with E-state index in [0.29, 0.717) is 36.6 Å². The lowest BCUT2D eigenvalue weighted by Crippen LogP contribution is -3.00. The van der Waals surface area contributed by atoms with Crippen LogP contribution < -0.4 is 33.2 Å². The number of aryl methyl sites for hydroxylation is 1. The molecule has 0 amide bonds. The van der Waals surface area contributed by atoms with E-state index in [1.165, 1.54) is 25.1 Å². The fourth-order valence-electron chi connectivity index (χ4n) is 2.45. The van der Waals surface area contributed by atoms with Gasteiger partial charge in [-0.15, -0.1) is 0 Å². The molecule has 0 aliphatic heterocycles. The number of halogens is 1. The van der Waals surface area contributed by atoms with Crippen LogP contribution in [0.25, 0.3) is 10.9 Å². The Labute approximate surface area is 151 Å². The Morgan fingerprint density at radius 1 is 1.32 bits per heavy atom. The highest BCUT2D eigenvalue weighted by molar-refractivity contribution is 5.95. The molecule has 9 heteroatoms. The number of rotatable bonds is 7. The molecule has 0 unspecified atom stereocenters. The van der Waals surface area contributed by atoms with Gasteiger partial charge < -0.3 is 32.4 Å². The summed E-state index contributed by atoms with van der Waals surface area (Å²) in [6, 6.07) is 1.61. The Bertz CT molecular complexity index is 806. The number of nitrogens with two attached hydrogens (primary N) is 1. The molecule has 0 saturated carbocycles. The van der Waals surface area contributed by atoms with Gasteiger partial charge in [-0.3, -0.25) is 14.2 Å². The molecule has 2 N–H and O–H groups in total. The van der Waals surface area contributed by atoms with Gasteiger partial charge in [0.15, 0.2) is 11.5 Å². The molecule has 0 fully saturated rings. The number of carbonyl (C=O) groups excluding carboxylic acids is 1. The number of hydrogen-bond donors (Lipinski definition) is 1. The second-order valence-electron chi connectivity index (χ2n) is 5.07. The molecular formula is C16H21ClN3O5-. The molecule has 0 spiro atoms. The molecule has 0 saturated heterocycles. The zero-order valence-corrected chi connectivity index (χ0v) is 15.1. The van der Waals surface area contributed by atoms with E-state index in [2.05, 4.69) is 4.98 Å². The first kappa shape index (κ1) is 20.6. The molecule has 1 aromatic carbocycles. The van der Waals surface area contributed by atoms with Crippen LogP contribution in [0.15, 0.2) is 17.2 Å². The number of benzene rings is 1. The second-order valence-corrected chi connectivity index (χ2v) is 5.07. The van der Waals surface area contributed by atoms with Crippen molar-refractivity contribution in [2.45, 2.75) is 26.3 Å². The average Bonchev–Trinajstić information content (AvgIpc) is 2.56. The van der Waals surface area contributed by atoms with Crippen molar-refractivity contribution < 1.29 is 31.4 Å². The highest BCUT2D eigenvalue weighted by Crippen LogP contribution is 2.37. The molecule has 8 nitrogen and oxygen atoms in total. The summed E-state index contributed by atoms with van der Waals surface area (Å²) in [5.74, 6) is 0.424. The number of methoxy groups -OCH3 is 2. The van der Waals surface area contributed by atoms with E-state index in [0.717, 1.165) is 0 Å². The number of fused-ring (bicyclic) bond motifs is 1. The second kappa shape index (κ2) is 9.12. The van der Waals surface area contributed by atoms with E-state index >= 15 is 0 Å². The Morgan fingerprint density at radius 3 is 2.64 bits per heavy atom. The number of hydrogen-bond acceptors (Lipinski definition) is 7. The average molecular weight is 371 g/mol. The van der Waals surface area contributed by atoms with Crippen LogP contribution in [0.4, 0.5) is 5.69 Å². The lowest BCUT2D eigenvalue weighted by molar-refractivity contribution is -0.143. The maximum Gasteiger partial charge on any atom is 0.305 e. The van der Waals surface area contributed by atoms with E-state index < -0.39 is 0 Å². The van der Waals surface area contributed by atoms with Crippen molar-refractivity contribution in [2.24, 2.45) is 0 Å². The van der Waals surface area contributed by atoms with Gasteiger partial charge >= 0.3 is 5.97 Å². The van der Waals surface area contributed by atoms with Crippen molar-refractivity contribution >= 4 is 22.6 Å². The number of nitrogen functional groups attached to an aromatic ring is 1. The monoisotopic (exact) mass is 370 g/mol. The van der Waals surface area contributed by atoms with Gasteiger partial charge in [0.1, 0.15) is 0 Å². The topological polar surface area (TPSA) is 106 Å². The van der Waals surface area contributed by atoms with Crippen LogP contribution in [-0.2, 0) is 16.1 Å². The number of nitrogens with zero attached hydrogens (tertiary/aromatic N) is 2. The molecule has 2 rings (SSSR count). The molecule has 2 aromatic rings. The number of esters is 1. The minimum absolute atomic E-state index is 0. The highest BCUT2D eigenvalue weighted by Gasteiger charge is 2.17. The predicted octanol–water partition coefficient (Wildman–Crippen LogP) is -1.66. The first-order valence-electron chi connectivity index (χ1n) is 7.58. The third-order valence-corrected chi connectivity index (χ3v) is 3.58. The molecule has 138 valence electrons. The van der Waals surface area contributed by atoms with Crippen molar-refractivity contribution in [3.8, 4) is 11.5 Å². The summed E-state index contributed by atoms with van der Waals surface area (Å²) < 4.78 is 16.7. The van der Waals surface area contributed by atoms with Crippen molar-refractivity contribution in [3.05, 3.63) is 22.7 Å². The van der Waals surface area contributed by atoms with Crippen LogP contribution in [0.5, 0.6) is 11.5 Å². The van der Waals surface area contributed by atoms with Crippen LogP contribution in [0.3, 0.4) is 0 Å². The molecule has 25 heavy (non-hydrogen) atoms. The summed E-state index contributed by atoms with van der Waals surface area (Å²) in [7, 11) is 2.94. The molecule has 0 aliphatic carbocycles. The Hall–Kier alpha value is -2.48. The fraction of sp³-hybridized carbons (Fsp3) is 0.438. The largest absolute Gasteiger partial charge is 1.00 e. The number of carbonyl (C=O) groups is 1. The maximum atomic E-state index is 12.6. The van der Waals surface area contributed by atoms with Gasteiger partial charge in [0.2, 0.25) is 0 Å². The lowest BCUT2D eigenvalue weighted by Gasteiger charge is -2.13. The Morgan fingerprint density at radius 2 is 2.04 bits per heavy atom. The number of anilines is 1. The Balaban J connectivity index is 0.00000312. The third kappa shape index (κ3) is 4.33. The van der Waals surface area contributed by atoms with Gasteiger partial charge in [0.25, 0.3) is 5.56 Å². The number of ether oxygens (including phenoxy) is 3. The zero-order chi connectivity index (χ0) is 17.7. The van der Waals surface area contributed by atoms with E-state index in [1.807, 2.05) is 0 Å². The summed E-state index contributed by atoms with van der Waals surface area (Å²) in [5, 5.41) is 0.270. The minimum atomic E-state index is -0.290. The van der Waals surface area contributed by atoms with Gasteiger partial charge in [-0.1, -0.05) is 0 Å². The van der Waals surface area contributed by atoms with Crippen molar-refractivity contribution in [1.82, 2.24) is 9.55 Å². The molecule has 0 bridgehead atoms. The molecule has 0 radical (unpaired) electrons. The van der Waals surface area contributed by atoms with Gasteiger partial charge in [-0.2, -0.15) is 0 Å². The van der Waals surface area contributed by atoms with Gasteiger partial charge in [-0.05, 0) is 13.3 Å². The van der Waals surface area contributed by atoms with Crippen molar-refractivity contribution in [2.75, 3.05) is 26.6 Å². The summed E-state index contributed by atoms with van der Waals surface area (Å²) in [4.78, 5) is 28.3. The summed E-state index contributed by atoms with van der Waals surface area (Å²) in [5.41, 5.74) is 6.38. The van der Waals surface area contributed by atoms with Crippen molar-refractivity contribution in [3.63, 3.8) is 0 Å². The van der Waals surface area contributed by atoms with Gasteiger partial charge in [-0.25, -0.2) is 4.98 Å². The Kier molecular flexibility index (Phi) is 7.50.